The molecule has 0 aliphatic heterocycles. The number of terminal acetylenes is 1. The lowest BCUT2D eigenvalue weighted by Gasteiger charge is -2.24. The molecule has 0 amide bonds. The first-order chi connectivity index (χ1) is 7.85. The molecule has 0 radical (unpaired) electrons. The molecule has 1 aromatic rings. The second-order valence-corrected chi connectivity index (χ2v) is 4.31. The highest BCUT2D eigenvalue weighted by Crippen LogP contribution is 2.32. The van der Waals surface area contributed by atoms with Crippen molar-refractivity contribution in [3.63, 3.8) is 0 Å². The fourth-order valence-corrected chi connectivity index (χ4v) is 1.92. The Morgan fingerprint density at radius 3 is 2.75 bits per heavy atom. The molecule has 1 aliphatic carbocycles. The molecule has 2 nitrogen and oxygen atoms in total. The molecule has 2 heteroatoms. The molecule has 1 aliphatic rings. The summed E-state index contributed by atoms with van der Waals surface area (Å²) < 4.78 is 0. The first-order valence-corrected chi connectivity index (χ1v) is 5.72. The molecule has 0 saturated heterocycles. The Hall–Kier alpha value is -1.46. The van der Waals surface area contributed by atoms with E-state index >= 15 is 0 Å². The molecule has 1 aromatic carbocycles. The van der Waals surface area contributed by atoms with Gasteiger partial charge in [0.05, 0.1) is 13.2 Å². The van der Waals surface area contributed by atoms with Gasteiger partial charge in [0.1, 0.15) is 0 Å². The van der Waals surface area contributed by atoms with Crippen molar-refractivity contribution >= 4 is 5.69 Å². The first-order valence-electron chi connectivity index (χ1n) is 5.72. The van der Waals surface area contributed by atoms with Crippen molar-refractivity contribution in [3.8, 4) is 12.3 Å². The highest BCUT2D eigenvalue weighted by atomic mass is 16.3. The van der Waals surface area contributed by atoms with E-state index in [-0.39, 0.29) is 6.61 Å². The van der Waals surface area contributed by atoms with Gasteiger partial charge in [0.2, 0.25) is 0 Å². The number of rotatable bonds is 5. The number of benzene rings is 1. The van der Waals surface area contributed by atoms with Crippen LogP contribution in [0, 0.1) is 18.3 Å². The van der Waals surface area contributed by atoms with E-state index in [1.807, 2.05) is 24.3 Å². The molecule has 1 saturated carbocycles. The lowest BCUT2D eigenvalue weighted by Crippen LogP contribution is -2.27. The summed E-state index contributed by atoms with van der Waals surface area (Å²) in [6.45, 7) is 1.70. The molecule has 16 heavy (non-hydrogen) atoms. The van der Waals surface area contributed by atoms with Crippen LogP contribution in [-0.4, -0.2) is 18.2 Å². The number of hydrogen-bond acceptors (Lipinski definition) is 2. The van der Waals surface area contributed by atoms with Gasteiger partial charge in [-0.3, -0.25) is 0 Å². The second-order valence-electron chi connectivity index (χ2n) is 4.31. The predicted molar refractivity (Wildman–Crippen MR) is 66.1 cm³/mol. The van der Waals surface area contributed by atoms with Crippen molar-refractivity contribution in [2.75, 3.05) is 18.0 Å². The maximum Gasteiger partial charge on any atom is 0.0791 e. The fourth-order valence-electron chi connectivity index (χ4n) is 1.92. The Bertz CT molecular complexity index is 390. The largest absolute Gasteiger partial charge is 0.392 e. The minimum absolute atomic E-state index is 0.0713. The van der Waals surface area contributed by atoms with Crippen LogP contribution in [0.2, 0.25) is 0 Å². The maximum absolute atomic E-state index is 9.31. The molecule has 2 rings (SSSR count). The average molecular weight is 215 g/mol. The summed E-state index contributed by atoms with van der Waals surface area (Å²) in [5.41, 5.74) is 2.04. The fraction of sp³-hybridized carbons (Fsp3) is 0.429. The molecule has 0 unspecified atom stereocenters. The Morgan fingerprint density at radius 1 is 1.38 bits per heavy atom. The van der Waals surface area contributed by atoms with Crippen molar-refractivity contribution in [3.05, 3.63) is 29.8 Å². The van der Waals surface area contributed by atoms with E-state index in [1.54, 1.807) is 0 Å². The normalized spacial score (nSPS) is 14.5. The zero-order chi connectivity index (χ0) is 11.4. The minimum Gasteiger partial charge on any atom is -0.392 e. The third kappa shape index (κ3) is 2.56. The number of nitrogens with zero attached hydrogens (tertiary/aromatic N) is 1. The summed E-state index contributed by atoms with van der Waals surface area (Å²) in [6.07, 6.45) is 8.02. The van der Waals surface area contributed by atoms with Gasteiger partial charge in [-0.2, -0.15) is 0 Å². The summed E-state index contributed by atoms with van der Waals surface area (Å²) in [4.78, 5) is 2.20. The summed E-state index contributed by atoms with van der Waals surface area (Å²) >= 11 is 0. The SMILES string of the molecule is C#CCN(CC1CC1)c1ccccc1CO. The Labute approximate surface area is 96.9 Å². The molecule has 1 N–H and O–H groups in total. The molecule has 1 fully saturated rings. The van der Waals surface area contributed by atoms with Gasteiger partial charge in [-0.05, 0) is 24.8 Å². The van der Waals surface area contributed by atoms with Crippen LogP contribution in [0.5, 0.6) is 0 Å². The maximum atomic E-state index is 9.31. The van der Waals surface area contributed by atoms with E-state index in [0.717, 1.165) is 23.7 Å². The zero-order valence-electron chi connectivity index (χ0n) is 9.39. The first kappa shape index (κ1) is 11.0. The van der Waals surface area contributed by atoms with Crippen LogP contribution in [-0.2, 0) is 6.61 Å². The van der Waals surface area contributed by atoms with Crippen LogP contribution in [0.15, 0.2) is 24.3 Å². The quantitative estimate of drug-likeness (QED) is 0.760. The molecule has 0 bridgehead atoms. The summed E-state index contributed by atoms with van der Waals surface area (Å²) in [7, 11) is 0. The lowest BCUT2D eigenvalue weighted by atomic mass is 10.1. The van der Waals surface area contributed by atoms with E-state index in [2.05, 4.69) is 10.8 Å². The monoisotopic (exact) mass is 215 g/mol. The van der Waals surface area contributed by atoms with Crippen LogP contribution in [0.3, 0.4) is 0 Å². The summed E-state index contributed by atoms with van der Waals surface area (Å²) in [5.74, 6) is 3.49. The number of aliphatic hydroxyl groups excluding tert-OH is 1. The van der Waals surface area contributed by atoms with E-state index in [9.17, 15) is 5.11 Å². The van der Waals surface area contributed by atoms with Gasteiger partial charge in [-0.25, -0.2) is 0 Å². The van der Waals surface area contributed by atoms with Crippen molar-refractivity contribution in [1.29, 1.82) is 0 Å². The highest BCUT2D eigenvalue weighted by molar-refractivity contribution is 5.54. The molecule has 0 spiro atoms. The number of para-hydroxylation sites is 1. The van der Waals surface area contributed by atoms with Gasteiger partial charge in [-0.1, -0.05) is 24.1 Å². The Kier molecular flexibility index (Phi) is 3.48. The van der Waals surface area contributed by atoms with E-state index in [4.69, 9.17) is 6.42 Å². The third-order valence-corrected chi connectivity index (χ3v) is 2.96. The van der Waals surface area contributed by atoms with E-state index < -0.39 is 0 Å². The molecular formula is C14H17NO. The van der Waals surface area contributed by atoms with Crippen molar-refractivity contribution < 1.29 is 5.11 Å². The van der Waals surface area contributed by atoms with Gasteiger partial charge in [0, 0.05) is 17.8 Å². The number of anilines is 1. The molecule has 0 heterocycles. The van der Waals surface area contributed by atoms with Gasteiger partial charge in [0.15, 0.2) is 0 Å². The van der Waals surface area contributed by atoms with Gasteiger partial charge < -0.3 is 10.0 Å². The third-order valence-electron chi connectivity index (χ3n) is 2.96. The van der Waals surface area contributed by atoms with Gasteiger partial charge in [-0.15, -0.1) is 6.42 Å². The second kappa shape index (κ2) is 5.05. The molecule has 0 aromatic heterocycles. The predicted octanol–water partition coefficient (Wildman–Crippen LogP) is 2.03. The van der Waals surface area contributed by atoms with Crippen LogP contribution in [0.25, 0.3) is 0 Å². The number of hydrogen-bond donors (Lipinski definition) is 1. The van der Waals surface area contributed by atoms with Crippen LogP contribution < -0.4 is 4.90 Å². The standard InChI is InChI=1S/C14H17NO/c1-2-9-15(10-12-7-8-12)14-6-4-3-5-13(14)11-16/h1,3-6,12,16H,7-11H2. The van der Waals surface area contributed by atoms with Crippen LogP contribution in [0.4, 0.5) is 5.69 Å². The van der Waals surface area contributed by atoms with Crippen molar-refractivity contribution in [2.24, 2.45) is 5.92 Å². The topological polar surface area (TPSA) is 23.5 Å². The highest BCUT2D eigenvalue weighted by Gasteiger charge is 2.24. The minimum atomic E-state index is 0.0713. The summed E-state index contributed by atoms with van der Waals surface area (Å²) in [5, 5.41) is 9.31. The van der Waals surface area contributed by atoms with Gasteiger partial charge >= 0.3 is 0 Å². The Balaban J connectivity index is 2.18. The van der Waals surface area contributed by atoms with E-state index in [0.29, 0.717) is 6.54 Å². The molecule has 84 valence electrons. The van der Waals surface area contributed by atoms with Crippen LogP contribution >= 0.6 is 0 Å². The smallest absolute Gasteiger partial charge is 0.0791 e. The van der Waals surface area contributed by atoms with Gasteiger partial charge in [0.25, 0.3) is 0 Å². The number of aliphatic hydroxyl groups is 1. The lowest BCUT2D eigenvalue weighted by molar-refractivity contribution is 0.282. The average Bonchev–Trinajstić information content (AvgIpc) is 3.12. The van der Waals surface area contributed by atoms with E-state index in [1.165, 1.54) is 12.8 Å². The summed E-state index contributed by atoms with van der Waals surface area (Å²) in [6, 6.07) is 7.92. The van der Waals surface area contributed by atoms with Crippen LogP contribution in [0.1, 0.15) is 18.4 Å². The van der Waals surface area contributed by atoms with Crippen molar-refractivity contribution in [1.82, 2.24) is 0 Å². The zero-order valence-corrected chi connectivity index (χ0v) is 9.39. The molecule has 0 atom stereocenters. The Morgan fingerprint density at radius 2 is 2.12 bits per heavy atom. The van der Waals surface area contributed by atoms with Crippen molar-refractivity contribution in [2.45, 2.75) is 19.4 Å². The molecular weight excluding hydrogens is 198 g/mol.